The number of carbonyl (C=O) groups excluding carboxylic acids is 2. The summed E-state index contributed by atoms with van der Waals surface area (Å²) in [5, 5.41) is 3.02. The number of phosphoric ester groups is 1. The highest BCUT2D eigenvalue weighted by atomic mass is 31.2. The summed E-state index contributed by atoms with van der Waals surface area (Å²) >= 11 is 0. The lowest BCUT2D eigenvalue weighted by atomic mass is 10.0. The zero-order valence-corrected chi connectivity index (χ0v) is 50.4. The van der Waals surface area contributed by atoms with Crippen LogP contribution in [0.15, 0.2) is 85.1 Å². The molecular weight excluding hydrogens is 952 g/mol. The molecule has 75 heavy (non-hydrogen) atoms. The molecule has 0 spiro atoms. The number of nitrogens with one attached hydrogen (secondary N) is 1. The number of hydrogen-bond acceptors (Lipinski definition) is 6. The number of nitrogens with zero attached hydrogens (tertiary/aromatic N) is 1. The second-order valence-electron chi connectivity index (χ2n) is 21.8. The summed E-state index contributed by atoms with van der Waals surface area (Å²) in [6.45, 7) is 6.85. The van der Waals surface area contributed by atoms with Crippen LogP contribution in [0.25, 0.3) is 0 Å². The van der Waals surface area contributed by atoms with Crippen LogP contribution in [0, 0.1) is 0 Å². The van der Waals surface area contributed by atoms with E-state index in [4.69, 9.17) is 13.8 Å². The Balaban J connectivity index is 5.27. The lowest BCUT2D eigenvalue weighted by molar-refractivity contribution is -0.870. The Hall–Kier alpha value is -2.81. The molecule has 0 saturated carbocycles. The Morgan fingerprint density at radius 2 is 0.867 bits per heavy atom. The van der Waals surface area contributed by atoms with Gasteiger partial charge in [0.05, 0.1) is 33.8 Å². The van der Waals surface area contributed by atoms with Crippen molar-refractivity contribution >= 4 is 19.7 Å². The first-order valence-electron chi connectivity index (χ1n) is 30.9. The zero-order chi connectivity index (χ0) is 55.0. The van der Waals surface area contributed by atoms with Gasteiger partial charge in [0.2, 0.25) is 5.91 Å². The molecule has 0 radical (unpaired) electrons. The SMILES string of the molecule is CC/C=C\C/C=C\C/C=C\C/C=C\C/C=C\CCCC(=O)NC(COP(=O)(O)OCC[N+](C)(C)C)C(/C=C/CCCCCCCCCCC)OC(=O)CCCCCCCCCCCCC/C=C/CCCCCCCC. The number of likely N-dealkylation sites (N-methyl/N-ethyl adjacent to an activating group) is 1. The van der Waals surface area contributed by atoms with Gasteiger partial charge in [-0.05, 0) is 96.0 Å². The molecule has 10 heteroatoms. The number of esters is 1. The molecule has 3 unspecified atom stereocenters. The highest BCUT2D eigenvalue weighted by Gasteiger charge is 2.30. The minimum atomic E-state index is -4.46. The number of rotatable bonds is 55. The van der Waals surface area contributed by atoms with Gasteiger partial charge in [0.1, 0.15) is 19.3 Å². The summed E-state index contributed by atoms with van der Waals surface area (Å²) in [6.07, 6.45) is 71.7. The van der Waals surface area contributed by atoms with Crippen molar-refractivity contribution in [3.63, 3.8) is 0 Å². The van der Waals surface area contributed by atoms with E-state index in [-0.39, 0.29) is 37.9 Å². The molecule has 0 heterocycles. The molecule has 0 aliphatic rings. The largest absolute Gasteiger partial charge is 0.472 e. The Labute approximate surface area is 463 Å². The molecular formula is C65H118N2O7P+. The third-order valence-corrected chi connectivity index (χ3v) is 14.3. The van der Waals surface area contributed by atoms with Crippen molar-refractivity contribution in [2.45, 2.75) is 277 Å². The predicted octanol–water partition coefficient (Wildman–Crippen LogP) is 19.0. The molecule has 9 nitrogen and oxygen atoms in total. The van der Waals surface area contributed by atoms with Crippen molar-refractivity contribution < 1.29 is 37.3 Å². The number of hydrogen-bond donors (Lipinski definition) is 2. The van der Waals surface area contributed by atoms with E-state index in [0.29, 0.717) is 17.4 Å². The highest BCUT2D eigenvalue weighted by Crippen LogP contribution is 2.43. The van der Waals surface area contributed by atoms with Crippen LogP contribution in [-0.2, 0) is 27.9 Å². The summed E-state index contributed by atoms with van der Waals surface area (Å²) < 4.78 is 30.6. The van der Waals surface area contributed by atoms with Crippen LogP contribution in [0.5, 0.6) is 0 Å². The first kappa shape index (κ1) is 72.2. The topological polar surface area (TPSA) is 111 Å². The van der Waals surface area contributed by atoms with E-state index in [1.54, 1.807) is 0 Å². The summed E-state index contributed by atoms with van der Waals surface area (Å²) in [4.78, 5) is 37.6. The van der Waals surface area contributed by atoms with Crippen molar-refractivity contribution in [1.82, 2.24) is 5.32 Å². The first-order chi connectivity index (χ1) is 36.4. The molecule has 0 aromatic carbocycles. The third-order valence-electron chi connectivity index (χ3n) is 13.3. The second kappa shape index (κ2) is 54.5. The normalized spacial score (nSPS) is 14.3. The summed E-state index contributed by atoms with van der Waals surface area (Å²) in [7, 11) is 1.45. The number of unbranched alkanes of at least 4 members (excludes halogenated alkanes) is 27. The quantitative estimate of drug-likeness (QED) is 0.0205. The molecule has 0 saturated heterocycles. The fourth-order valence-electron chi connectivity index (χ4n) is 8.56. The molecule has 0 rings (SSSR count). The van der Waals surface area contributed by atoms with Gasteiger partial charge in [-0.3, -0.25) is 18.6 Å². The van der Waals surface area contributed by atoms with Crippen molar-refractivity contribution in [3.05, 3.63) is 85.1 Å². The fourth-order valence-corrected chi connectivity index (χ4v) is 9.29. The van der Waals surface area contributed by atoms with E-state index in [1.165, 1.54) is 148 Å². The van der Waals surface area contributed by atoms with Gasteiger partial charge in [0.15, 0.2) is 0 Å². The van der Waals surface area contributed by atoms with Crippen molar-refractivity contribution in [2.24, 2.45) is 0 Å². The monoisotopic (exact) mass is 1070 g/mol. The van der Waals surface area contributed by atoms with Crippen LogP contribution in [0.4, 0.5) is 0 Å². The third kappa shape index (κ3) is 55.7. The van der Waals surface area contributed by atoms with E-state index in [0.717, 1.165) is 77.0 Å². The van der Waals surface area contributed by atoms with Crippen molar-refractivity contribution in [2.75, 3.05) is 40.9 Å². The van der Waals surface area contributed by atoms with E-state index in [2.05, 4.69) is 99.0 Å². The average Bonchev–Trinajstić information content (AvgIpc) is 3.37. The molecule has 1 amide bonds. The lowest BCUT2D eigenvalue weighted by Crippen LogP contribution is -2.47. The Morgan fingerprint density at radius 3 is 1.32 bits per heavy atom. The standard InChI is InChI=1S/C65H117N2O7P/c1-7-10-13-16-19-22-25-27-29-31-32-33-34-36-38-40-43-46-49-52-55-58-65(69)74-63(56-53-50-47-44-41-24-21-18-15-12-9-3)62(61-73-75(70,71)72-60-59-67(4,5)6)66-64(68)57-54-51-48-45-42-39-37-35-30-28-26-23-20-17-14-11-8-2/h11,14,20,23,27-30,37,39,45,48,53,56,62-63H,7-10,12-13,15-19,21-22,24-26,31-36,38,40-44,46-47,49-52,54-55,57-61H2,1-6H3,(H-,66,68,70,71)/p+1/b14-11-,23-20-,29-27+,30-28-,39-37-,48-45-,56-53+. The second-order valence-corrected chi connectivity index (χ2v) is 23.3. The van der Waals surface area contributed by atoms with Crippen LogP contribution in [0.3, 0.4) is 0 Å². The highest BCUT2D eigenvalue weighted by molar-refractivity contribution is 7.47. The fraction of sp³-hybridized carbons (Fsp3) is 0.754. The summed E-state index contributed by atoms with van der Waals surface area (Å²) in [5.41, 5.74) is 0. The molecule has 0 aromatic heterocycles. The molecule has 0 aliphatic heterocycles. The van der Waals surface area contributed by atoms with Gasteiger partial charge < -0.3 is 19.4 Å². The van der Waals surface area contributed by atoms with Crippen LogP contribution in [-0.4, -0.2) is 74.3 Å². The predicted molar refractivity (Wildman–Crippen MR) is 323 cm³/mol. The number of allylic oxidation sites excluding steroid dienone is 13. The number of carbonyl (C=O) groups is 2. The van der Waals surface area contributed by atoms with Gasteiger partial charge in [0, 0.05) is 12.8 Å². The van der Waals surface area contributed by atoms with Gasteiger partial charge in [-0.25, -0.2) is 4.57 Å². The van der Waals surface area contributed by atoms with Crippen LogP contribution in [0.1, 0.15) is 265 Å². The summed E-state index contributed by atoms with van der Waals surface area (Å²) in [6, 6.07) is -0.881. The first-order valence-corrected chi connectivity index (χ1v) is 32.4. The summed E-state index contributed by atoms with van der Waals surface area (Å²) in [5.74, 6) is -0.574. The molecule has 3 atom stereocenters. The minimum absolute atomic E-state index is 0.0266. The number of ether oxygens (including phenoxy) is 1. The Bertz CT molecular complexity index is 1560. The average molecular weight is 1070 g/mol. The minimum Gasteiger partial charge on any atom is -0.456 e. The molecule has 0 fully saturated rings. The van der Waals surface area contributed by atoms with Gasteiger partial charge in [-0.2, -0.15) is 0 Å². The van der Waals surface area contributed by atoms with Crippen molar-refractivity contribution in [1.29, 1.82) is 0 Å². The van der Waals surface area contributed by atoms with Gasteiger partial charge in [0.25, 0.3) is 0 Å². The number of quaternary nitrogens is 1. The van der Waals surface area contributed by atoms with Gasteiger partial charge in [-0.1, -0.05) is 241 Å². The molecule has 2 N–H and O–H groups in total. The van der Waals surface area contributed by atoms with Gasteiger partial charge >= 0.3 is 13.8 Å². The maximum atomic E-state index is 13.5. The smallest absolute Gasteiger partial charge is 0.456 e. The molecule has 0 aromatic rings. The van der Waals surface area contributed by atoms with E-state index < -0.39 is 20.0 Å². The maximum Gasteiger partial charge on any atom is 0.472 e. The van der Waals surface area contributed by atoms with E-state index in [1.807, 2.05) is 33.3 Å². The van der Waals surface area contributed by atoms with E-state index >= 15 is 0 Å². The Morgan fingerprint density at radius 1 is 0.480 bits per heavy atom. The van der Waals surface area contributed by atoms with Gasteiger partial charge in [-0.15, -0.1) is 0 Å². The van der Waals surface area contributed by atoms with Crippen LogP contribution >= 0.6 is 7.82 Å². The van der Waals surface area contributed by atoms with Crippen molar-refractivity contribution in [3.8, 4) is 0 Å². The molecule has 0 bridgehead atoms. The Kier molecular flexibility index (Phi) is 52.5. The number of phosphoric acid groups is 1. The van der Waals surface area contributed by atoms with Crippen LogP contribution in [0.2, 0.25) is 0 Å². The van der Waals surface area contributed by atoms with Crippen LogP contribution < -0.4 is 5.32 Å². The maximum absolute atomic E-state index is 13.5. The lowest BCUT2D eigenvalue weighted by Gasteiger charge is -2.27. The molecule has 0 aliphatic carbocycles. The molecule has 434 valence electrons. The number of amides is 1. The van der Waals surface area contributed by atoms with E-state index in [9.17, 15) is 19.0 Å². The zero-order valence-electron chi connectivity index (χ0n) is 49.5.